The van der Waals surface area contributed by atoms with Crippen LogP contribution in [0.5, 0.6) is 0 Å². The Balaban J connectivity index is 1.73. The van der Waals surface area contributed by atoms with Crippen molar-refractivity contribution in [3.63, 3.8) is 0 Å². The summed E-state index contributed by atoms with van der Waals surface area (Å²) >= 11 is 0. The summed E-state index contributed by atoms with van der Waals surface area (Å²) in [5, 5.41) is 8.48. The third kappa shape index (κ3) is 6.74. The summed E-state index contributed by atoms with van der Waals surface area (Å²) in [7, 11) is 0. The molecule has 25 heavy (non-hydrogen) atoms. The number of carbonyl (C=O) groups is 1. The Morgan fingerprint density at radius 1 is 1.24 bits per heavy atom. The second-order valence-electron chi connectivity index (χ2n) is 6.96. The minimum absolute atomic E-state index is 0.0539. The van der Waals surface area contributed by atoms with Crippen molar-refractivity contribution in [3.8, 4) is 6.07 Å². The van der Waals surface area contributed by atoms with Crippen LogP contribution in [-0.4, -0.2) is 12.1 Å². The van der Waals surface area contributed by atoms with Crippen LogP contribution in [0.1, 0.15) is 74.2 Å². The van der Waals surface area contributed by atoms with E-state index in [1.165, 1.54) is 18.4 Å². The van der Waals surface area contributed by atoms with E-state index in [1.807, 2.05) is 36.4 Å². The molecule has 0 aliphatic heterocycles. The van der Waals surface area contributed by atoms with Crippen LogP contribution in [0.2, 0.25) is 0 Å². The summed E-state index contributed by atoms with van der Waals surface area (Å²) in [4.78, 5) is 12.3. The van der Waals surface area contributed by atoms with Gasteiger partial charge in [-0.2, -0.15) is 5.26 Å². The molecule has 3 heteroatoms. The third-order valence-electron chi connectivity index (χ3n) is 5.01. The number of carbonyl (C=O) groups excluding carboxylic acids is 1. The normalized spacial score (nSPS) is 20.3. The maximum Gasteiger partial charge on any atom is 0.338 e. The minimum Gasteiger partial charge on any atom is -0.459 e. The molecule has 1 aliphatic rings. The fourth-order valence-electron chi connectivity index (χ4n) is 3.41. The highest BCUT2D eigenvalue weighted by Gasteiger charge is 2.23. The largest absolute Gasteiger partial charge is 0.459 e. The van der Waals surface area contributed by atoms with Gasteiger partial charge >= 0.3 is 5.97 Å². The number of hydrogen-bond donors (Lipinski definition) is 0. The first-order valence-corrected chi connectivity index (χ1v) is 9.57. The highest BCUT2D eigenvalue weighted by atomic mass is 16.5. The Hall–Kier alpha value is -2.08. The summed E-state index contributed by atoms with van der Waals surface area (Å²) < 4.78 is 5.69. The van der Waals surface area contributed by atoms with Crippen molar-refractivity contribution >= 4 is 5.97 Å². The number of nitrogens with zero attached hydrogens (tertiary/aromatic N) is 1. The van der Waals surface area contributed by atoms with Gasteiger partial charge in [-0.1, -0.05) is 31.6 Å². The van der Waals surface area contributed by atoms with E-state index in [4.69, 9.17) is 10.00 Å². The molecule has 134 valence electrons. The predicted molar refractivity (Wildman–Crippen MR) is 100 cm³/mol. The molecule has 0 bridgehead atoms. The van der Waals surface area contributed by atoms with E-state index in [1.54, 1.807) is 6.08 Å². The molecule has 3 nitrogen and oxygen atoms in total. The fraction of sp³-hybridized carbons (Fsp3) is 0.545. The van der Waals surface area contributed by atoms with E-state index in [0.717, 1.165) is 44.9 Å². The molecule has 0 radical (unpaired) electrons. The van der Waals surface area contributed by atoms with E-state index in [0.29, 0.717) is 11.5 Å². The zero-order valence-electron chi connectivity index (χ0n) is 15.2. The van der Waals surface area contributed by atoms with Gasteiger partial charge < -0.3 is 4.74 Å². The zero-order valence-corrected chi connectivity index (χ0v) is 15.2. The molecular formula is C22H29NO2. The molecule has 1 fully saturated rings. The predicted octanol–water partition coefficient (Wildman–Crippen LogP) is 5.60. The summed E-state index contributed by atoms with van der Waals surface area (Å²) in [6.07, 6.45) is 13.2. The van der Waals surface area contributed by atoms with E-state index in [9.17, 15) is 4.79 Å². The van der Waals surface area contributed by atoms with Crippen molar-refractivity contribution in [1.29, 1.82) is 5.26 Å². The van der Waals surface area contributed by atoms with Crippen molar-refractivity contribution in [2.45, 2.75) is 70.8 Å². The molecule has 0 amide bonds. The van der Waals surface area contributed by atoms with Crippen LogP contribution in [0.25, 0.3) is 0 Å². The maximum absolute atomic E-state index is 12.3. The molecular weight excluding hydrogens is 310 g/mol. The number of esters is 1. The first kappa shape index (κ1) is 19.2. The van der Waals surface area contributed by atoms with Crippen LogP contribution in [0.4, 0.5) is 0 Å². The van der Waals surface area contributed by atoms with Gasteiger partial charge in [0.05, 0.1) is 11.6 Å². The average molecular weight is 339 g/mol. The van der Waals surface area contributed by atoms with Gasteiger partial charge in [-0.05, 0) is 75.0 Å². The van der Waals surface area contributed by atoms with Crippen molar-refractivity contribution < 1.29 is 9.53 Å². The van der Waals surface area contributed by atoms with Crippen LogP contribution in [0, 0.1) is 17.2 Å². The lowest BCUT2D eigenvalue weighted by Crippen LogP contribution is -2.24. The van der Waals surface area contributed by atoms with Gasteiger partial charge in [-0.3, -0.25) is 0 Å². The number of nitriles is 1. The third-order valence-corrected chi connectivity index (χ3v) is 5.01. The number of unbranched alkanes of at least 4 members (excludes halogenated alkanes) is 1. The lowest BCUT2D eigenvalue weighted by atomic mass is 9.84. The second-order valence-corrected chi connectivity index (χ2v) is 6.96. The molecule has 1 aromatic rings. The Morgan fingerprint density at radius 3 is 2.60 bits per heavy atom. The van der Waals surface area contributed by atoms with E-state index in [-0.39, 0.29) is 12.1 Å². The van der Waals surface area contributed by atoms with Crippen molar-refractivity contribution in [2.75, 3.05) is 0 Å². The summed E-state index contributed by atoms with van der Waals surface area (Å²) in [5.74, 6) is 0.499. The van der Waals surface area contributed by atoms with Crippen LogP contribution >= 0.6 is 0 Å². The molecule has 1 saturated carbocycles. The topological polar surface area (TPSA) is 50.1 Å². The molecule has 1 aliphatic carbocycles. The zero-order chi connectivity index (χ0) is 17.9. The monoisotopic (exact) mass is 339 g/mol. The smallest absolute Gasteiger partial charge is 0.338 e. The lowest BCUT2D eigenvalue weighted by molar-refractivity contribution is 0.0162. The molecule has 0 saturated heterocycles. The van der Waals surface area contributed by atoms with Gasteiger partial charge in [0.2, 0.25) is 0 Å². The molecule has 1 aromatic carbocycles. The van der Waals surface area contributed by atoms with Gasteiger partial charge in [0.15, 0.2) is 0 Å². The molecule has 0 heterocycles. The minimum atomic E-state index is -0.192. The van der Waals surface area contributed by atoms with Gasteiger partial charge in [0.25, 0.3) is 0 Å². The van der Waals surface area contributed by atoms with Gasteiger partial charge in [-0.15, -0.1) is 0 Å². The molecule has 0 N–H and O–H groups in total. The summed E-state index contributed by atoms with van der Waals surface area (Å²) in [5.41, 5.74) is 1.94. The molecule has 2 rings (SSSR count). The number of hydrogen-bond acceptors (Lipinski definition) is 3. The molecule has 0 spiro atoms. The Labute approximate surface area is 151 Å². The first-order chi connectivity index (χ1) is 12.2. The summed E-state index contributed by atoms with van der Waals surface area (Å²) in [6, 6.07) is 9.88. The molecule has 0 aromatic heterocycles. The fourth-order valence-corrected chi connectivity index (χ4v) is 3.41. The van der Waals surface area contributed by atoms with Gasteiger partial charge in [0, 0.05) is 6.08 Å². The second kappa shape index (κ2) is 10.7. The highest BCUT2D eigenvalue weighted by Crippen LogP contribution is 2.30. The number of ether oxygens (including phenoxy) is 1. The van der Waals surface area contributed by atoms with Crippen LogP contribution in [0.15, 0.2) is 36.4 Å². The Bertz CT molecular complexity index is 589. The Morgan fingerprint density at radius 2 is 1.96 bits per heavy atom. The summed E-state index contributed by atoms with van der Waals surface area (Å²) in [6.45, 7) is 2.18. The quantitative estimate of drug-likeness (QED) is 0.457. The number of allylic oxidation sites excluding steroid dienone is 2. The van der Waals surface area contributed by atoms with Crippen molar-refractivity contribution in [2.24, 2.45) is 5.92 Å². The highest BCUT2D eigenvalue weighted by molar-refractivity contribution is 5.89. The number of rotatable bonds is 8. The van der Waals surface area contributed by atoms with Crippen molar-refractivity contribution in [1.82, 2.24) is 0 Å². The van der Waals surface area contributed by atoms with Crippen LogP contribution in [-0.2, 0) is 11.2 Å². The van der Waals surface area contributed by atoms with Crippen LogP contribution < -0.4 is 0 Å². The van der Waals surface area contributed by atoms with Crippen LogP contribution in [0.3, 0.4) is 0 Å². The SMILES string of the molecule is CCCCc1ccc(C(=O)OC2CCC(CCC=CC#N)CC2)cc1. The standard InChI is InChI=1S/C22H29NO2/c1-2-3-7-18-9-13-20(14-10-18)22(24)25-21-15-11-19(12-16-21)8-5-4-6-17-23/h4,6,9-10,13-14,19,21H,2-3,5,7-8,11-12,15-16H2,1H3. The van der Waals surface area contributed by atoms with Crippen molar-refractivity contribution in [3.05, 3.63) is 47.5 Å². The van der Waals surface area contributed by atoms with E-state index >= 15 is 0 Å². The van der Waals surface area contributed by atoms with E-state index in [2.05, 4.69) is 6.92 Å². The molecule has 0 atom stereocenters. The van der Waals surface area contributed by atoms with E-state index < -0.39 is 0 Å². The first-order valence-electron chi connectivity index (χ1n) is 9.57. The molecule has 0 unspecified atom stereocenters. The van der Waals surface area contributed by atoms with Gasteiger partial charge in [0.1, 0.15) is 6.10 Å². The lowest BCUT2D eigenvalue weighted by Gasteiger charge is -2.28. The maximum atomic E-state index is 12.3. The van der Waals surface area contributed by atoms with Gasteiger partial charge in [-0.25, -0.2) is 4.79 Å². The number of aryl methyl sites for hydroxylation is 1. The average Bonchev–Trinajstić information content (AvgIpc) is 2.65. The number of benzene rings is 1. The Kier molecular flexibility index (Phi) is 8.25.